The number of rotatable bonds is 7. The summed E-state index contributed by atoms with van der Waals surface area (Å²) >= 11 is 1.25. The summed E-state index contributed by atoms with van der Waals surface area (Å²) in [5, 5.41) is 4.65. The Balaban J connectivity index is 1.41. The SMILES string of the molecule is O=C(Cc1ccc(-n2c(=O)c3sccc3n(Cc3cccc(F)c3)c2=O)cc1)NCc1ccccc1. The Morgan fingerprint density at radius 1 is 0.861 bits per heavy atom. The molecule has 0 aliphatic carbocycles. The number of hydrogen-bond donors (Lipinski definition) is 1. The number of nitrogens with one attached hydrogen (secondary N) is 1. The normalized spacial score (nSPS) is 11.0. The van der Waals surface area contributed by atoms with Gasteiger partial charge in [0.1, 0.15) is 10.5 Å². The van der Waals surface area contributed by atoms with Gasteiger partial charge in [0.05, 0.1) is 24.2 Å². The van der Waals surface area contributed by atoms with Crippen molar-refractivity contribution in [2.45, 2.75) is 19.5 Å². The van der Waals surface area contributed by atoms with E-state index in [4.69, 9.17) is 0 Å². The first-order valence-electron chi connectivity index (χ1n) is 11.4. The van der Waals surface area contributed by atoms with Gasteiger partial charge in [-0.15, -0.1) is 11.3 Å². The number of aromatic nitrogens is 2. The maximum atomic E-state index is 13.7. The van der Waals surface area contributed by atoms with E-state index in [1.54, 1.807) is 47.8 Å². The summed E-state index contributed by atoms with van der Waals surface area (Å²) in [6.45, 7) is 0.572. The molecule has 0 aliphatic rings. The van der Waals surface area contributed by atoms with Crippen LogP contribution in [0.5, 0.6) is 0 Å². The molecule has 36 heavy (non-hydrogen) atoms. The molecule has 0 saturated heterocycles. The summed E-state index contributed by atoms with van der Waals surface area (Å²) in [6, 6.07) is 24.2. The van der Waals surface area contributed by atoms with Gasteiger partial charge in [-0.25, -0.2) is 13.8 Å². The van der Waals surface area contributed by atoms with Crippen molar-refractivity contribution in [2.75, 3.05) is 0 Å². The summed E-state index contributed by atoms with van der Waals surface area (Å²) in [7, 11) is 0. The van der Waals surface area contributed by atoms with Gasteiger partial charge >= 0.3 is 5.69 Å². The molecule has 0 atom stereocenters. The average Bonchev–Trinajstić information content (AvgIpc) is 3.37. The molecular weight excluding hydrogens is 477 g/mol. The monoisotopic (exact) mass is 499 g/mol. The van der Waals surface area contributed by atoms with Crippen molar-refractivity contribution in [1.29, 1.82) is 0 Å². The Hall–Kier alpha value is -4.30. The van der Waals surface area contributed by atoms with Crippen LogP contribution < -0.4 is 16.6 Å². The lowest BCUT2D eigenvalue weighted by molar-refractivity contribution is -0.120. The zero-order valence-electron chi connectivity index (χ0n) is 19.2. The molecule has 2 heterocycles. The molecule has 1 N–H and O–H groups in total. The third kappa shape index (κ3) is 4.89. The number of carbonyl (C=O) groups excluding carboxylic acids is 1. The molecule has 8 heteroatoms. The highest BCUT2D eigenvalue weighted by atomic mass is 32.1. The molecule has 2 aromatic heterocycles. The van der Waals surface area contributed by atoms with E-state index in [2.05, 4.69) is 5.32 Å². The van der Waals surface area contributed by atoms with Crippen molar-refractivity contribution in [2.24, 2.45) is 0 Å². The van der Waals surface area contributed by atoms with Crippen LogP contribution in [-0.2, 0) is 24.3 Å². The predicted molar refractivity (Wildman–Crippen MR) is 139 cm³/mol. The van der Waals surface area contributed by atoms with Gasteiger partial charge in [0.2, 0.25) is 5.91 Å². The number of fused-ring (bicyclic) bond motifs is 1. The highest BCUT2D eigenvalue weighted by molar-refractivity contribution is 7.17. The standard InChI is InChI=1S/C28H22FN3O3S/c29-22-8-4-7-21(15-22)18-31-24-13-14-36-26(24)27(34)32(28(31)35)23-11-9-19(10-12-23)16-25(33)30-17-20-5-2-1-3-6-20/h1-15H,16-18H2,(H,30,33). The fraction of sp³-hybridized carbons (Fsp3) is 0.107. The van der Waals surface area contributed by atoms with Gasteiger partial charge in [-0.05, 0) is 52.4 Å². The molecule has 5 aromatic rings. The minimum absolute atomic E-state index is 0.124. The molecule has 0 bridgehead atoms. The van der Waals surface area contributed by atoms with E-state index >= 15 is 0 Å². The van der Waals surface area contributed by atoms with Gasteiger partial charge in [-0.3, -0.25) is 14.2 Å². The second kappa shape index (κ2) is 10.1. The summed E-state index contributed by atoms with van der Waals surface area (Å²) in [4.78, 5) is 39.0. The smallest absolute Gasteiger partial charge is 0.336 e. The molecule has 0 unspecified atom stereocenters. The van der Waals surface area contributed by atoms with Crippen molar-refractivity contribution in [3.63, 3.8) is 0 Å². The second-order valence-corrected chi connectivity index (χ2v) is 9.30. The second-order valence-electron chi connectivity index (χ2n) is 8.38. The first kappa shape index (κ1) is 23.4. The van der Waals surface area contributed by atoms with Gasteiger partial charge in [-0.2, -0.15) is 0 Å². The fourth-order valence-corrected chi connectivity index (χ4v) is 4.92. The molecule has 0 radical (unpaired) electrons. The maximum Gasteiger partial charge on any atom is 0.336 e. The van der Waals surface area contributed by atoms with E-state index in [9.17, 15) is 18.8 Å². The topological polar surface area (TPSA) is 73.1 Å². The third-order valence-corrected chi connectivity index (χ3v) is 6.77. The van der Waals surface area contributed by atoms with E-state index in [-0.39, 0.29) is 24.7 Å². The van der Waals surface area contributed by atoms with Gasteiger partial charge < -0.3 is 5.32 Å². The molecule has 0 aliphatic heterocycles. The minimum atomic E-state index is -0.511. The molecule has 180 valence electrons. The Bertz CT molecular complexity index is 1650. The summed E-state index contributed by atoms with van der Waals surface area (Å²) < 4.78 is 16.8. The largest absolute Gasteiger partial charge is 0.352 e. The number of carbonyl (C=O) groups is 1. The Labute approximate surface area is 209 Å². The molecule has 1 amide bonds. The van der Waals surface area contributed by atoms with Crippen molar-refractivity contribution in [3.8, 4) is 5.69 Å². The minimum Gasteiger partial charge on any atom is -0.352 e. The maximum absolute atomic E-state index is 13.7. The average molecular weight is 500 g/mol. The summed E-state index contributed by atoms with van der Waals surface area (Å²) in [6.07, 6.45) is 0.176. The third-order valence-electron chi connectivity index (χ3n) is 5.88. The summed E-state index contributed by atoms with van der Waals surface area (Å²) in [5.41, 5.74) is 2.39. The van der Waals surface area contributed by atoms with E-state index < -0.39 is 11.2 Å². The number of amides is 1. The van der Waals surface area contributed by atoms with Crippen molar-refractivity contribution in [3.05, 3.63) is 134 Å². The zero-order chi connectivity index (χ0) is 25.1. The predicted octanol–water partition coefficient (Wildman–Crippen LogP) is 4.26. The van der Waals surface area contributed by atoms with Crippen LogP contribution in [0.1, 0.15) is 16.7 Å². The Kier molecular flexibility index (Phi) is 6.60. The molecule has 5 rings (SSSR count). The van der Waals surface area contributed by atoms with Crippen molar-refractivity contribution in [1.82, 2.24) is 14.5 Å². The van der Waals surface area contributed by atoms with Gasteiger partial charge in [0.15, 0.2) is 0 Å². The van der Waals surface area contributed by atoms with Crippen LogP contribution in [0.15, 0.2) is 99.9 Å². The molecule has 0 spiro atoms. The molecule has 6 nitrogen and oxygen atoms in total. The fourth-order valence-electron chi connectivity index (χ4n) is 4.09. The van der Waals surface area contributed by atoms with E-state index in [0.29, 0.717) is 28.0 Å². The van der Waals surface area contributed by atoms with Crippen LogP contribution in [0.4, 0.5) is 4.39 Å². The molecular formula is C28H22FN3O3S. The van der Waals surface area contributed by atoms with E-state index in [0.717, 1.165) is 15.7 Å². The Morgan fingerprint density at radius 2 is 1.61 bits per heavy atom. The highest BCUT2D eigenvalue weighted by Crippen LogP contribution is 2.18. The molecule has 0 saturated carbocycles. The molecule has 3 aromatic carbocycles. The Morgan fingerprint density at radius 3 is 2.36 bits per heavy atom. The van der Waals surface area contributed by atoms with Crippen LogP contribution in [0.25, 0.3) is 15.9 Å². The van der Waals surface area contributed by atoms with Gasteiger partial charge in [0.25, 0.3) is 5.56 Å². The first-order chi connectivity index (χ1) is 17.5. The van der Waals surface area contributed by atoms with Crippen LogP contribution in [0, 0.1) is 5.82 Å². The quantitative estimate of drug-likeness (QED) is 0.364. The van der Waals surface area contributed by atoms with Gasteiger partial charge in [-0.1, -0.05) is 54.6 Å². The van der Waals surface area contributed by atoms with Crippen molar-refractivity contribution >= 4 is 27.5 Å². The molecule has 0 fully saturated rings. The van der Waals surface area contributed by atoms with Crippen LogP contribution in [0.3, 0.4) is 0 Å². The number of nitrogens with zero attached hydrogens (tertiary/aromatic N) is 2. The number of hydrogen-bond acceptors (Lipinski definition) is 4. The lowest BCUT2D eigenvalue weighted by Gasteiger charge is -2.13. The van der Waals surface area contributed by atoms with Gasteiger partial charge in [0, 0.05) is 6.54 Å². The van der Waals surface area contributed by atoms with E-state index in [1.165, 1.54) is 28.0 Å². The lowest BCUT2D eigenvalue weighted by atomic mass is 10.1. The first-order valence-corrected chi connectivity index (χ1v) is 12.2. The van der Waals surface area contributed by atoms with Crippen LogP contribution in [-0.4, -0.2) is 15.0 Å². The lowest BCUT2D eigenvalue weighted by Crippen LogP contribution is -2.38. The zero-order valence-corrected chi connectivity index (χ0v) is 20.0. The highest BCUT2D eigenvalue weighted by Gasteiger charge is 2.16. The van der Waals surface area contributed by atoms with E-state index in [1.807, 2.05) is 30.3 Å². The van der Waals surface area contributed by atoms with Crippen LogP contribution in [0.2, 0.25) is 0 Å². The number of thiophene rings is 1. The van der Waals surface area contributed by atoms with Crippen molar-refractivity contribution < 1.29 is 9.18 Å². The number of benzene rings is 3. The summed E-state index contributed by atoms with van der Waals surface area (Å²) in [5.74, 6) is -0.514. The van der Waals surface area contributed by atoms with Crippen LogP contribution >= 0.6 is 11.3 Å². The number of halogens is 1.